The number of rotatable bonds is 2. The van der Waals surface area contributed by atoms with E-state index in [1.807, 2.05) is 39.2 Å². The molecule has 102 valence electrons. The van der Waals surface area contributed by atoms with Crippen LogP contribution >= 0.6 is 0 Å². The van der Waals surface area contributed by atoms with E-state index in [1.54, 1.807) is 23.1 Å². The van der Waals surface area contributed by atoms with Gasteiger partial charge in [-0.1, -0.05) is 0 Å². The molecule has 3 aromatic rings. The summed E-state index contributed by atoms with van der Waals surface area (Å²) in [5, 5.41) is 14.0. The first-order valence-corrected chi connectivity index (χ1v) is 6.44. The third-order valence-corrected chi connectivity index (χ3v) is 3.40. The highest BCUT2D eigenvalue weighted by Crippen LogP contribution is 2.36. The molecule has 0 aliphatic carbocycles. The number of nitrogens with zero attached hydrogens (tertiary/aromatic N) is 2. The van der Waals surface area contributed by atoms with Crippen LogP contribution in [0.15, 0.2) is 41.1 Å². The minimum atomic E-state index is 0.252. The standard InChI is InChI=1S/C16H16N2O2/c1-10-9-20-11(2)15(10)14-8-18(3)17-16(14)12-4-6-13(19)7-5-12/h4-9,19H,1-3H3. The molecule has 4 heteroatoms. The highest BCUT2D eigenvalue weighted by molar-refractivity contribution is 5.83. The van der Waals surface area contributed by atoms with E-state index in [9.17, 15) is 5.11 Å². The number of aryl methyl sites for hydroxylation is 3. The van der Waals surface area contributed by atoms with Crippen LogP contribution in [0.3, 0.4) is 0 Å². The lowest BCUT2D eigenvalue weighted by Crippen LogP contribution is -1.87. The van der Waals surface area contributed by atoms with Crippen molar-refractivity contribution < 1.29 is 9.52 Å². The van der Waals surface area contributed by atoms with Crippen LogP contribution in [-0.2, 0) is 7.05 Å². The number of furan rings is 1. The normalized spacial score (nSPS) is 10.9. The predicted octanol–water partition coefficient (Wildman–Crippen LogP) is 3.67. The maximum Gasteiger partial charge on any atom is 0.115 e. The van der Waals surface area contributed by atoms with Crippen molar-refractivity contribution in [2.24, 2.45) is 7.05 Å². The lowest BCUT2D eigenvalue weighted by molar-refractivity contribution is 0.475. The lowest BCUT2D eigenvalue weighted by Gasteiger charge is -2.03. The van der Waals surface area contributed by atoms with E-state index in [2.05, 4.69) is 5.10 Å². The number of phenolic OH excluding ortho intramolecular Hbond substituents is 1. The van der Waals surface area contributed by atoms with Crippen molar-refractivity contribution in [3.8, 4) is 28.1 Å². The van der Waals surface area contributed by atoms with E-state index in [0.717, 1.165) is 33.7 Å². The number of phenols is 1. The van der Waals surface area contributed by atoms with Gasteiger partial charge in [-0.15, -0.1) is 0 Å². The van der Waals surface area contributed by atoms with Gasteiger partial charge in [0.25, 0.3) is 0 Å². The zero-order valence-electron chi connectivity index (χ0n) is 11.7. The van der Waals surface area contributed by atoms with Gasteiger partial charge >= 0.3 is 0 Å². The van der Waals surface area contributed by atoms with Gasteiger partial charge in [0.2, 0.25) is 0 Å². The van der Waals surface area contributed by atoms with Crippen molar-refractivity contribution in [3.63, 3.8) is 0 Å². The maximum absolute atomic E-state index is 9.41. The van der Waals surface area contributed by atoms with Crippen molar-refractivity contribution in [2.45, 2.75) is 13.8 Å². The summed E-state index contributed by atoms with van der Waals surface area (Å²) in [5.74, 6) is 1.14. The van der Waals surface area contributed by atoms with Gasteiger partial charge in [-0.05, 0) is 43.7 Å². The Balaban J connectivity index is 2.21. The van der Waals surface area contributed by atoms with Crippen LogP contribution < -0.4 is 0 Å². The molecular weight excluding hydrogens is 252 g/mol. The summed E-state index contributed by atoms with van der Waals surface area (Å²) in [4.78, 5) is 0. The first-order chi connectivity index (χ1) is 9.56. The minimum Gasteiger partial charge on any atom is -0.508 e. The molecule has 3 rings (SSSR count). The van der Waals surface area contributed by atoms with Crippen LogP contribution in [0.4, 0.5) is 0 Å². The summed E-state index contributed by atoms with van der Waals surface area (Å²) in [6.07, 6.45) is 3.76. The van der Waals surface area contributed by atoms with Crippen molar-refractivity contribution >= 4 is 0 Å². The lowest BCUT2D eigenvalue weighted by atomic mass is 9.99. The third-order valence-electron chi connectivity index (χ3n) is 3.40. The Morgan fingerprint density at radius 3 is 2.45 bits per heavy atom. The number of aromatic nitrogens is 2. The van der Waals surface area contributed by atoms with Crippen molar-refractivity contribution in [3.05, 3.63) is 48.0 Å². The van der Waals surface area contributed by atoms with Gasteiger partial charge in [-0.3, -0.25) is 4.68 Å². The molecule has 0 bridgehead atoms. The van der Waals surface area contributed by atoms with Gasteiger partial charge < -0.3 is 9.52 Å². The highest BCUT2D eigenvalue weighted by atomic mass is 16.3. The summed E-state index contributed by atoms with van der Waals surface area (Å²) in [6.45, 7) is 3.98. The second kappa shape index (κ2) is 4.56. The first-order valence-electron chi connectivity index (χ1n) is 6.44. The van der Waals surface area contributed by atoms with Gasteiger partial charge in [0.05, 0.1) is 6.26 Å². The molecule has 0 aliphatic heterocycles. The fraction of sp³-hybridized carbons (Fsp3) is 0.188. The molecule has 20 heavy (non-hydrogen) atoms. The fourth-order valence-corrected chi connectivity index (χ4v) is 2.48. The second-order valence-electron chi connectivity index (χ2n) is 4.96. The van der Waals surface area contributed by atoms with Crippen molar-refractivity contribution in [1.82, 2.24) is 9.78 Å². The summed E-state index contributed by atoms with van der Waals surface area (Å²) < 4.78 is 7.29. The molecule has 0 amide bonds. The molecule has 0 unspecified atom stereocenters. The maximum atomic E-state index is 9.41. The zero-order chi connectivity index (χ0) is 14.3. The van der Waals surface area contributed by atoms with Crippen molar-refractivity contribution in [2.75, 3.05) is 0 Å². The molecule has 1 aromatic carbocycles. The number of aromatic hydroxyl groups is 1. The Hall–Kier alpha value is -2.49. The first kappa shape index (κ1) is 12.5. The molecule has 0 atom stereocenters. The summed E-state index contributed by atoms with van der Waals surface area (Å²) in [5.41, 5.74) is 5.08. The molecule has 0 fully saturated rings. The molecule has 1 N–H and O–H groups in total. The Morgan fingerprint density at radius 2 is 1.85 bits per heavy atom. The Labute approximate surface area is 117 Å². The second-order valence-corrected chi connectivity index (χ2v) is 4.96. The molecule has 0 aliphatic rings. The Kier molecular flexibility index (Phi) is 2.86. The average Bonchev–Trinajstić information content (AvgIpc) is 2.94. The molecule has 0 saturated carbocycles. The van der Waals surface area contributed by atoms with E-state index in [0.29, 0.717) is 0 Å². The zero-order valence-corrected chi connectivity index (χ0v) is 11.7. The molecule has 0 saturated heterocycles. The van der Waals surface area contributed by atoms with Gasteiger partial charge in [-0.25, -0.2) is 0 Å². The quantitative estimate of drug-likeness (QED) is 0.771. The molecule has 2 heterocycles. The largest absolute Gasteiger partial charge is 0.508 e. The Morgan fingerprint density at radius 1 is 1.15 bits per heavy atom. The smallest absolute Gasteiger partial charge is 0.115 e. The summed E-state index contributed by atoms with van der Waals surface area (Å²) >= 11 is 0. The van der Waals surface area contributed by atoms with Crippen LogP contribution in [0, 0.1) is 13.8 Å². The van der Waals surface area contributed by atoms with Crippen LogP contribution in [-0.4, -0.2) is 14.9 Å². The van der Waals surface area contributed by atoms with E-state index in [-0.39, 0.29) is 5.75 Å². The highest BCUT2D eigenvalue weighted by Gasteiger charge is 2.17. The van der Waals surface area contributed by atoms with E-state index in [4.69, 9.17) is 4.42 Å². The third kappa shape index (κ3) is 1.99. The van der Waals surface area contributed by atoms with E-state index in [1.165, 1.54) is 0 Å². The minimum absolute atomic E-state index is 0.252. The average molecular weight is 268 g/mol. The van der Waals surface area contributed by atoms with Crippen LogP contribution in [0.2, 0.25) is 0 Å². The molecule has 4 nitrogen and oxygen atoms in total. The van der Waals surface area contributed by atoms with Crippen LogP contribution in [0.1, 0.15) is 11.3 Å². The number of hydrogen-bond acceptors (Lipinski definition) is 3. The van der Waals surface area contributed by atoms with E-state index < -0.39 is 0 Å². The summed E-state index contributed by atoms with van der Waals surface area (Å²) in [6, 6.07) is 7.07. The van der Waals surface area contributed by atoms with Gasteiger partial charge in [0.1, 0.15) is 17.2 Å². The molecular formula is C16H16N2O2. The monoisotopic (exact) mass is 268 g/mol. The topological polar surface area (TPSA) is 51.2 Å². The predicted molar refractivity (Wildman–Crippen MR) is 77.5 cm³/mol. The molecule has 2 aromatic heterocycles. The SMILES string of the molecule is Cc1coc(C)c1-c1cn(C)nc1-c1ccc(O)cc1. The van der Waals surface area contributed by atoms with Crippen LogP contribution in [0.25, 0.3) is 22.4 Å². The van der Waals surface area contributed by atoms with Crippen molar-refractivity contribution in [1.29, 1.82) is 0 Å². The Bertz CT molecular complexity index is 732. The molecule has 0 radical (unpaired) electrons. The van der Waals surface area contributed by atoms with Gasteiger partial charge in [0, 0.05) is 29.9 Å². The fourth-order valence-electron chi connectivity index (χ4n) is 2.48. The number of hydrogen-bond donors (Lipinski definition) is 1. The van der Waals surface area contributed by atoms with Gasteiger partial charge in [-0.2, -0.15) is 5.10 Å². The summed E-state index contributed by atoms with van der Waals surface area (Å²) in [7, 11) is 1.90. The van der Waals surface area contributed by atoms with Gasteiger partial charge in [0.15, 0.2) is 0 Å². The van der Waals surface area contributed by atoms with E-state index >= 15 is 0 Å². The van der Waals surface area contributed by atoms with Crippen LogP contribution in [0.5, 0.6) is 5.75 Å². The molecule has 0 spiro atoms. The number of benzene rings is 1.